The van der Waals surface area contributed by atoms with Gasteiger partial charge in [-0.25, -0.2) is 8.42 Å². The largest absolute Gasteiger partial charge is 0.388 e. The molecule has 1 atom stereocenters. The quantitative estimate of drug-likeness (QED) is 0.908. The highest BCUT2D eigenvalue weighted by atomic mass is 79.9. The molecule has 1 rings (SSSR count). The molecular weight excluding hydrogens is 292 g/mol. The maximum absolute atomic E-state index is 10.9. The van der Waals surface area contributed by atoms with Crippen molar-refractivity contribution < 1.29 is 13.5 Å². The van der Waals surface area contributed by atoms with Crippen LogP contribution in [0.1, 0.15) is 24.5 Å². The van der Waals surface area contributed by atoms with Crippen molar-refractivity contribution in [3.63, 3.8) is 0 Å². The standard InChI is InChI=1S/C11H15BrO3S/c1-16(14,15)8-2-3-11(13)9-4-6-10(12)7-5-9/h4-7,11,13H,2-3,8H2,1H3. The molecule has 0 aliphatic carbocycles. The normalized spacial score (nSPS) is 13.7. The van der Waals surface area contributed by atoms with Gasteiger partial charge in [-0.2, -0.15) is 0 Å². The number of halogens is 1. The summed E-state index contributed by atoms with van der Waals surface area (Å²) in [6.07, 6.45) is 1.57. The van der Waals surface area contributed by atoms with E-state index in [-0.39, 0.29) is 5.75 Å². The molecule has 0 saturated carbocycles. The fraction of sp³-hybridized carbons (Fsp3) is 0.455. The predicted octanol–water partition coefficient (Wildman–Crippen LogP) is 2.31. The van der Waals surface area contributed by atoms with Crippen LogP contribution in [0.3, 0.4) is 0 Å². The average molecular weight is 307 g/mol. The van der Waals surface area contributed by atoms with Gasteiger partial charge in [0.1, 0.15) is 9.84 Å². The third-order valence-corrected chi connectivity index (χ3v) is 3.81. The van der Waals surface area contributed by atoms with Crippen LogP contribution in [0.5, 0.6) is 0 Å². The van der Waals surface area contributed by atoms with E-state index in [1.165, 1.54) is 6.26 Å². The van der Waals surface area contributed by atoms with Gasteiger partial charge in [-0.05, 0) is 30.5 Å². The first-order valence-corrected chi connectivity index (χ1v) is 7.85. The van der Waals surface area contributed by atoms with Gasteiger partial charge in [0.05, 0.1) is 6.10 Å². The molecule has 0 radical (unpaired) electrons. The van der Waals surface area contributed by atoms with Crippen LogP contribution in [0.2, 0.25) is 0 Å². The maximum atomic E-state index is 10.9. The molecule has 0 saturated heterocycles. The van der Waals surface area contributed by atoms with E-state index in [9.17, 15) is 13.5 Å². The Hall–Kier alpha value is -0.390. The van der Waals surface area contributed by atoms with Gasteiger partial charge in [0, 0.05) is 16.5 Å². The summed E-state index contributed by atoms with van der Waals surface area (Å²) >= 11 is 3.31. The van der Waals surface area contributed by atoms with Gasteiger partial charge < -0.3 is 5.11 Å². The second-order valence-electron chi connectivity index (χ2n) is 3.84. The Morgan fingerprint density at radius 3 is 2.38 bits per heavy atom. The van der Waals surface area contributed by atoms with Crippen LogP contribution in [-0.4, -0.2) is 25.5 Å². The number of hydrogen-bond acceptors (Lipinski definition) is 3. The molecule has 0 spiro atoms. The topological polar surface area (TPSA) is 54.4 Å². The van der Waals surface area contributed by atoms with Gasteiger partial charge in [-0.15, -0.1) is 0 Å². The Bertz CT molecular complexity index is 425. The molecule has 0 amide bonds. The van der Waals surface area contributed by atoms with E-state index in [0.29, 0.717) is 12.8 Å². The molecule has 0 heterocycles. The van der Waals surface area contributed by atoms with E-state index in [1.54, 1.807) is 0 Å². The van der Waals surface area contributed by atoms with Gasteiger partial charge in [0.15, 0.2) is 0 Å². The molecule has 0 aromatic heterocycles. The fourth-order valence-electron chi connectivity index (χ4n) is 1.39. The number of benzene rings is 1. The Morgan fingerprint density at radius 2 is 1.88 bits per heavy atom. The summed E-state index contributed by atoms with van der Waals surface area (Å²) in [5.41, 5.74) is 0.816. The smallest absolute Gasteiger partial charge is 0.147 e. The van der Waals surface area contributed by atoms with Crippen LogP contribution in [0.15, 0.2) is 28.7 Å². The lowest BCUT2D eigenvalue weighted by atomic mass is 10.1. The zero-order valence-electron chi connectivity index (χ0n) is 9.06. The molecule has 1 aromatic carbocycles. The van der Waals surface area contributed by atoms with Crippen LogP contribution in [-0.2, 0) is 9.84 Å². The van der Waals surface area contributed by atoms with E-state index in [0.717, 1.165) is 10.0 Å². The highest BCUT2D eigenvalue weighted by molar-refractivity contribution is 9.10. The van der Waals surface area contributed by atoms with E-state index < -0.39 is 15.9 Å². The molecule has 90 valence electrons. The van der Waals surface area contributed by atoms with E-state index >= 15 is 0 Å². The SMILES string of the molecule is CS(=O)(=O)CCCC(O)c1ccc(Br)cc1. The van der Waals surface area contributed by atoms with Crippen molar-refractivity contribution >= 4 is 25.8 Å². The minimum Gasteiger partial charge on any atom is -0.388 e. The first-order chi connectivity index (χ1) is 7.38. The first-order valence-electron chi connectivity index (χ1n) is 5.00. The number of aliphatic hydroxyl groups excluding tert-OH is 1. The average Bonchev–Trinajstić information content (AvgIpc) is 2.16. The third kappa shape index (κ3) is 5.09. The van der Waals surface area contributed by atoms with E-state index in [1.807, 2.05) is 24.3 Å². The van der Waals surface area contributed by atoms with Crippen LogP contribution in [0.25, 0.3) is 0 Å². The van der Waals surface area contributed by atoms with Crippen LogP contribution < -0.4 is 0 Å². The molecule has 0 aliphatic rings. The van der Waals surface area contributed by atoms with Crippen molar-refractivity contribution in [1.82, 2.24) is 0 Å². The van der Waals surface area contributed by atoms with Crippen molar-refractivity contribution in [2.24, 2.45) is 0 Å². The van der Waals surface area contributed by atoms with Gasteiger partial charge in [-0.1, -0.05) is 28.1 Å². The summed E-state index contributed by atoms with van der Waals surface area (Å²) in [5.74, 6) is 0.126. The van der Waals surface area contributed by atoms with Gasteiger partial charge in [0.2, 0.25) is 0 Å². The van der Waals surface area contributed by atoms with Gasteiger partial charge >= 0.3 is 0 Å². The Labute approximate surface area is 105 Å². The minimum atomic E-state index is -2.93. The highest BCUT2D eigenvalue weighted by Gasteiger charge is 2.09. The number of rotatable bonds is 5. The second kappa shape index (κ2) is 5.80. The van der Waals surface area contributed by atoms with Gasteiger partial charge in [0.25, 0.3) is 0 Å². The molecule has 1 unspecified atom stereocenters. The molecular formula is C11H15BrO3S. The van der Waals surface area contributed by atoms with Gasteiger partial charge in [-0.3, -0.25) is 0 Å². The van der Waals surface area contributed by atoms with Crippen LogP contribution in [0, 0.1) is 0 Å². The van der Waals surface area contributed by atoms with Crippen LogP contribution in [0.4, 0.5) is 0 Å². The molecule has 0 bridgehead atoms. The predicted molar refractivity (Wildman–Crippen MR) is 68.0 cm³/mol. The van der Waals surface area contributed by atoms with Crippen LogP contribution >= 0.6 is 15.9 Å². The molecule has 0 fully saturated rings. The first kappa shape index (κ1) is 13.7. The Morgan fingerprint density at radius 1 is 1.31 bits per heavy atom. The second-order valence-corrected chi connectivity index (χ2v) is 7.01. The molecule has 1 aromatic rings. The van der Waals surface area contributed by atoms with E-state index in [4.69, 9.17) is 0 Å². The number of hydrogen-bond donors (Lipinski definition) is 1. The Kier molecular flexibility index (Phi) is 4.95. The third-order valence-electron chi connectivity index (χ3n) is 2.25. The van der Waals surface area contributed by atoms with E-state index in [2.05, 4.69) is 15.9 Å². The maximum Gasteiger partial charge on any atom is 0.147 e. The number of sulfone groups is 1. The van der Waals surface area contributed by atoms with Crippen molar-refractivity contribution in [2.45, 2.75) is 18.9 Å². The van der Waals surface area contributed by atoms with Crippen molar-refractivity contribution in [2.75, 3.05) is 12.0 Å². The lowest BCUT2D eigenvalue weighted by Gasteiger charge is -2.10. The van der Waals surface area contributed by atoms with Crippen molar-refractivity contribution in [1.29, 1.82) is 0 Å². The number of aliphatic hydroxyl groups is 1. The molecule has 3 nitrogen and oxygen atoms in total. The summed E-state index contributed by atoms with van der Waals surface area (Å²) < 4.78 is 22.8. The monoisotopic (exact) mass is 306 g/mol. The van der Waals surface area contributed by atoms with Crippen molar-refractivity contribution in [3.05, 3.63) is 34.3 Å². The summed E-state index contributed by atoms with van der Waals surface area (Å²) in [4.78, 5) is 0. The zero-order chi connectivity index (χ0) is 12.2. The summed E-state index contributed by atoms with van der Waals surface area (Å²) in [5, 5.41) is 9.80. The summed E-state index contributed by atoms with van der Waals surface area (Å²) in [7, 11) is -2.93. The zero-order valence-corrected chi connectivity index (χ0v) is 11.5. The lowest BCUT2D eigenvalue weighted by Crippen LogP contribution is -2.05. The molecule has 16 heavy (non-hydrogen) atoms. The summed E-state index contributed by atoms with van der Waals surface area (Å²) in [6, 6.07) is 7.37. The Balaban J connectivity index is 2.47. The lowest BCUT2D eigenvalue weighted by molar-refractivity contribution is 0.166. The highest BCUT2D eigenvalue weighted by Crippen LogP contribution is 2.20. The summed E-state index contributed by atoms with van der Waals surface area (Å²) in [6.45, 7) is 0. The molecule has 5 heteroatoms. The molecule has 1 N–H and O–H groups in total. The molecule has 0 aliphatic heterocycles. The fourth-order valence-corrected chi connectivity index (χ4v) is 2.35. The minimum absolute atomic E-state index is 0.126. The van der Waals surface area contributed by atoms with Crippen molar-refractivity contribution in [3.8, 4) is 0 Å².